The molecule has 1 amide bonds. The van der Waals surface area contributed by atoms with Crippen molar-refractivity contribution in [2.45, 2.75) is 20.8 Å². The van der Waals surface area contributed by atoms with Crippen LogP contribution in [0, 0.1) is 20.8 Å². The molecule has 3 nitrogen and oxygen atoms in total. The zero-order valence-electron chi connectivity index (χ0n) is 13.7. The van der Waals surface area contributed by atoms with Gasteiger partial charge < -0.3 is 9.64 Å². The zero-order chi connectivity index (χ0) is 16.1. The van der Waals surface area contributed by atoms with Crippen LogP contribution in [0.1, 0.15) is 27.0 Å². The van der Waals surface area contributed by atoms with Gasteiger partial charge in [-0.05, 0) is 61.7 Å². The van der Waals surface area contributed by atoms with Gasteiger partial charge in [0.2, 0.25) is 0 Å². The molecule has 0 fully saturated rings. The average Bonchev–Trinajstić information content (AvgIpc) is 2.49. The van der Waals surface area contributed by atoms with Crippen LogP contribution >= 0.6 is 0 Å². The van der Waals surface area contributed by atoms with E-state index in [0.29, 0.717) is 13.2 Å². The Morgan fingerprint density at radius 3 is 2.50 bits per heavy atom. The molecule has 0 N–H and O–H groups in total. The lowest BCUT2D eigenvalue weighted by Gasteiger charge is -2.18. The lowest BCUT2D eigenvalue weighted by atomic mass is 10.1. The molecular formula is C19H23NO2. The van der Waals surface area contributed by atoms with Gasteiger partial charge in [0.25, 0.3) is 5.91 Å². The molecule has 2 rings (SSSR count). The van der Waals surface area contributed by atoms with Gasteiger partial charge in [-0.15, -0.1) is 0 Å². The Bertz CT molecular complexity index is 664. The lowest BCUT2D eigenvalue weighted by Crippen LogP contribution is -2.30. The van der Waals surface area contributed by atoms with Crippen molar-refractivity contribution in [2.75, 3.05) is 20.2 Å². The Labute approximate surface area is 132 Å². The van der Waals surface area contributed by atoms with Crippen molar-refractivity contribution in [3.05, 3.63) is 64.7 Å². The highest BCUT2D eigenvalue weighted by Crippen LogP contribution is 2.13. The molecule has 2 aromatic rings. The second-order valence-electron chi connectivity index (χ2n) is 5.69. The average molecular weight is 297 g/mol. The topological polar surface area (TPSA) is 29.5 Å². The fourth-order valence-electron chi connectivity index (χ4n) is 2.20. The normalized spacial score (nSPS) is 10.4. The van der Waals surface area contributed by atoms with E-state index in [-0.39, 0.29) is 5.91 Å². The summed E-state index contributed by atoms with van der Waals surface area (Å²) in [4.78, 5) is 14.1. The number of carbonyl (C=O) groups is 1. The molecule has 0 heterocycles. The minimum absolute atomic E-state index is 0.0240. The molecule has 116 valence electrons. The zero-order valence-corrected chi connectivity index (χ0v) is 13.7. The summed E-state index contributed by atoms with van der Waals surface area (Å²) in [5.41, 5.74) is 4.22. The van der Waals surface area contributed by atoms with Gasteiger partial charge in [0.15, 0.2) is 0 Å². The molecule has 0 bridgehead atoms. The Hall–Kier alpha value is -2.29. The van der Waals surface area contributed by atoms with E-state index in [9.17, 15) is 4.79 Å². The van der Waals surface area contributed by atoms with Crippen LogP contribution in [-0.4, -0.2) is 31.0 Å². The van der Waals surface area contributed by atoms with Crippen molar-refractivity contribution in [2.24, 2.45) is 0 Å². The largest absolute Gasteiger partial charge is 0.492 e. The molecule has 0 aromatic heterocycles. The number of carbonyl (C=O) groups excluding carboxylic acids is 1. The van der Waals surface area contributed by atoms with Crippen LogP contribution in [0.3, 0.4) is 0 Å². The monoisotopic (exact) mass is 297 g/mol. The Morgan fingerprint density at radius 2 is 1.82 bits per heavy atom. The lowest BCUT2D eigenvalue weighted by molar-refractivity contribution is 0.0773. The van der Waals surface area contributed by atoms with Crippen LogP contribution in [-0.2, 0) is 0 Å². The van der Waals surface area contributed by atoms with Crippen LogP contribution < -0.4 is 4.74 Å². The molecule has 22 heavy (non-hydrogen) atoms. The van der Waals surface area contributed by atoms with Gasteiger partial charge >= 0.3 is 0 Å². The van der Waals surface area contributed by atoms with E-state index in [4.69, 9.17) is 4.74 Å². The first-order valence-electron chi connectivity index (χ1n) is 7.49. The summed E-state index contributed by atoms with van der Waals surface area (Å²) >= 11 is 0. The van der Waals surface area contributed by atoms with Crippen molar-refractivity contribution in [3.63, 3.8) is 0 Å². The van der Waals surface area contributed by atoms with Crippen molar-refractivity contribution in [1.29, 1.82) is 0 Å². The summed E-state index contributed by atoms with van der Waals surface area (Å²) in [6.07, 6.45) is 0. The molecule has 2 aromatic carbocycles. The Morgan fingerprint density at radius 1 is 1.05 bits per heavy atom. The van der Waals surface area contributed by atoms with E-state index in [2.05, 4.69) is 0 Å². The molecule has 3 heteroatoms. The van der Waals surface area contributed by atoms with Gasteiger partial charge in [-0.25, -0.2) is 0 Å². The number of ether oxygens (including phenoxy) is 1. The van der Waals surface area contributed by atoms with Crippen LogP contribution in [0.5, 0.6) is 5.75 Å². The molecule has 0 atom stereocenters. The highest BCUT2D eigenvalue weighted by Gasteiger charge is 2.12. The number of hydrogen-bond acceptors (Lipinski definition) is 2. The molecule has 0 unspecified atom stereocenters. The summed E-state index contributed by atoms with van der Waals surface area (Å²) in [5.74, 6) is 0.864. The standard InChI is InChI=1S/C19H23NO2/c1-14-6-5-7-18(12-14)22-11-10-20(4)19(21)17-9-8-15(2)16(3)13-17/h5-9,12-13H,10-11H2,1-4H3. The van der Waals surface area contributed by atoms with Crippen molar-refractivity contribution >= 4 is 5.91 Å². The van der Waals surface area contributed by atoms with E-state index in [1.807, 2.05) is 63.2 Å². The maximum absolute atomic E-state index is 12.4. The number of rotatable bonds is 5. The summed E-state index contributed by atoms with van der Waals surface area (Å²) < 4.78 is 5.69. The highest BCUT2D eigenvalue weighted by atomic mass is 16.5. The molecule has 0 radical (unpaired) electrons. The third-order valence-electron chi connectivity index (χ3n) is 3.79. The second kappa shape index (κ2) is 7.12. The first-order valence-corrected chi connectivity index (χ1v) is 7.49. The quantitative estimate of drug-likeness (QED) is 0.841. The van der Waals surface area contributed by atoms with E-state index >= 15 is 0 Å². The Kier molecular flexibility index (Phi) is 5.21. The van der Waals surface area contributed by atoms with Crippen LogP contribution in [0.25, 0.3) is 0 Å². The number of aryl methyl sites for hydroxylation is 3. The maximum atomic E-state index is 12.4. The van der Waals surface area contributed by atoms with Gasteiger partial charge in [0.05, 0.1) is 6.54 Å². The molecule has 0 aliphatic heterocycles. The Balaban J connectivity index is 1.90. The number of benzene rings is 2. The van der Waals surface area contributed by atoms with Crippen molar-refractivity contribution in [3.8, 4) is 5.75 Å². The second-order valence-corrected chi connectivity index (χ2v) is 5.69. The van der Waals surface area contributed by atoms with Crippen molar-refractivity contribution < 1.29 is 9.53 Å². The van der Waals surface area contributed by atoms with Crippen molar-refractivity contribution in [1.82, 2.24) is 4.90 Å². The first-order chi connectivity index (χ1) is 10.5. The van der Waals surface area contributed by atoms with E-state index < -0.39 is 0 Å². The van der Waals surface area contributed by atoms with E-state index in [1.165, 1.54) is 5.56 Å². The summed E-state index contributed by atoms with van der Waals surface area (Å²) in [7, 11) is 1.80. The third kappa shape index (κ3) is 4.10. The fourth-order valence-corrected chi connectivity index (χ4v) is 2.20. The highest BCUT2D eigenvalue weighted by molar-refractivity contribution is 5.94. The summed E-state index contributed by atoms with van der Waals surface area (Å²) in [6, 6.07) is 13.7. The summed E-state index contributed by atoms with van der Waals surface area (Å²) in [5, 5.41) is 0. The number of nitrogens with zero attached hydrogens (tertiary/aromatic N) is 1. The number of amides is 1. The molecule has 0 saturated heterocycles. The van der Waals surface area contributed by atoms with Gasteiger partial charge in [0.1, 0.15) is 12.4 Å². The van der Waals surface area contributed by atoms with Crippen LogP contribution in [0.2, 0.25) is 0 Å². The van der Waals surface area contributed by atoms with E-state index in [1.54, 1.807) is 11.9 Å². The van der Waals surface area contributed by atoms with Gasteiger partial charge in [-0.1, -0.05) is 18.2 Å². The van der Waals surface area contributed by atoms with Gasteiger partial charge in [0, 0.05) is 12.6 Å². The van der Waals surface area contributed by atoms with Crippen LogP contribution in [0.4, 0.5) is 0 Å². The fraction of sp³-hybridized carbons (Fsp3) is 0.316. The molecule has 0 spiro atoms. The SMILES string of the molecule is Cc1cccc(OCCN(C)C(=O)c2ccc(C)c(C)c2)c1. The smallest absolute Gasteiger partial charge is 0.253 e. The molecular weight excluding hydrogens is 274 g/mol. The van der Waals surface area contributed by atoms with Gasteiger partial charge in [-0.3, -0.25) is 4.79 Å². The molecule has 0 aliphatic rings. The molecule has 0 aliphatic carbocycles. The van der Waals surface area contributed by atoms with Gasteiger partial charge in [-0.2, -0.15) is 0 Å². The first kappa shape index (κ1) is 16.1. The summed E-state index contributed by atoms with van der Waals surface area (Å²) in [6.45, 7) is 7.13. The predicted octanol–water partition coefficient (Wildman–Crippen LogP) is 3.76. The minimum Gasteiger partial charge on any atom is -0.492 e. The number of likely N-dealkylation sites (N-methyl/N-ethyl adjacent to an activating group) is 1. The number of hydrogen-bond donors (Lipinski definition) is 0. The van der Waals surface area contributed by atoms with E-state index in [0.717, 1.165) is 22.4 Å². The molecule has 0 saturated carbocycles. The third-order valence-corrected chi connectivity index (χ3v) is 3.79. The van der Waals surface area contributed by atoms with Crippen LogP contribution in [0.15, 0.2) is 42.5 Å². The predicted molar refractivity (Wildman–Crippen MR) is 89.6 cm³/mol. The minimum atomic E-state index is 0.0240. The maximum Gasteiger partial charge on any atom is 0.253 e.